The first-order valence-electron chi connectivity index (χ1n) is 22.1. The SMILES string of the molecule is c1cc(-c2ccc3oc4ccccc4c3c2)cc(C(c2ccc(-c3ccc(-c4cccc5ccccc45)cc3)cc2)c2ccc(-c3ccc(-c4cccc5ccccc45)cc3)cc2)c1. The molecule has 11 aromatic carbocycles. The Labute approximate surface area is 373 Å². The predicted octanol–water partition coefficient (Wildman–Crippen LogP) is 17.4. The Kier molecular flexibility index (Phi) is 9.31. The fourth-order valence-electron chi connectivity index (χ4n) is 9.76. The molecular weight excluding hydrogens is 773 g/mol. The maximum Gasteiger partial charge on any atom is 0.135 e. The zero-order chi connectivity index (χ0) is 42.4. The summed E-state index contributed by atoms with van der Waals surface area (Å²) in [6.45, 7) is 0. The van der Waals surface area contributed by atoms with Crippen LogP contribution in [0, 0.1) is 0 Å². The van der Waals surface area contributed by atoms with E-state index in [9.17, 15) is 0 Å². The van der Waals surface area contributed by atoms with Crippen molar-refractivity contribution in [1.82, 2.24) is 0 Å². The zero-order valence-electron chi connectivity index (χ0n) is 35.2. The monoisotopic (exact) mass is 814 g/mol. The highest BCUT2D eigenvalue weighted by Crippen LogP contribution is 2.39. The van der Waals surface area contributed by atoms with Crippen molar-refractivity contribution in [3.63, 3.8) is 0 Å². The molecule has 1 heterocycles. The Bertz CT molecular complexity index is 3450. The minimum atomic E-state index is 0.0176. The first-order valence-corrected chi connectivity index (χ1v) is 22.1. The van der Waals surface area contributed by atoms with Crippen molar-refractivity contribution in [1.29, 1.82) is 0 Å². The van der Waals surface area contributed by atoms with E-state index in [2.05, 4.69) is 237 Å². The second-order valence-corrected chi connectivity index (χ2v) is 16.8. The Morgan fingerprint density at radius 2 is 0.641 bits per heavy atom. The van der Waals surface area contributed by atoms with Crippen LogP contribution in [0.2, 0.25) is 0 Å². The van der Waals surface area contributed by atoms with Crippen molar-refractivity contribution in [3.05, 3.63) is 265 Å². The summed E-state index contributed by atoms with van der Waals surface area (Å²) in [5, 5.41) is 7.34. The summed E-state index contributed by atoms with van der Waals surface area (Å²) in [6.07, 6.45) is 0. The van der Waals surface area contributed by atoms with E-state index in [-0.39, 0.29) is 5.92 Å². The molecule has 0 saturated carbocycles. The molecule has 12 aromatic rings. The quantitative estimate of drug-likeness (QED) is 0.139. The molecule has 1 heteroatoms. The summed E-state index contributed by atoms with van der Waals surface area (Å²) in [5.74, 6) is 0.0176. The summed E-state index contributed by atoms with van der Waals surface area (Å²) in [5.41, 5.74) is 17.7. The molecule has 0 aliphatic heterocycles. The molecule has 0 radical (unpaired) electrons. The number of hydrogen-bond donors (Lipinski definition) is 0. The van der Waals surface area contributed by atoms with E-state index in [4.69, 9.17) is 4.42 Å². The van der Waals surface area contributed by atoms with Gasteiger partial charge in [-0.05, 0) is 112 Å². The molecule has 0 N–H and O–H groups in total. The average Bonchev–Trinajstić information content (AvgIpc) is 3.75. The van der Waals surface area contributed by atoms with Gasteiger partial charge in [-0.2, -0.15) is 0 Å². The molecular formula is C63H42O. The highest BCUT2D eigenvalue weighted by atomic mass is 16.3. The van der Waals surface area contributed by atoms with Gasteiger partial charge in [-0.3, -0.25) is 0 Å². The number of furan rings is 1. The summed E-state index contributed by atoms with van der Waals surface area (Å²) in [4.78, 5) is 0. The highest BCUT2D eigenvalue weighted by Gasteiger charge is 2.19. The van der Waals surface area contributed by atoms with E-state index in [1.165, 1.54) is 93.9 Å². The molecule has 1 aromatic heterocycles. The Morgan fingerprint density at radius 1 is 0.234 bits per heavy atom. The molecule has 12 rings (SSSR count). The molecule has 1 nitrogen and oxygen atoms in total. The van der Waals surface area contributed by atoms with Gasteiger partial charge in [0.2, 0.25) is 0 Å². The van der Waals surface area contributed by atoms with Gasteiger partial charge in [-0.25, -0.2) is 0 Å². The first kappa shape index (κ1) is 37.5. The third kappa shape index (κ3) is 6.85. The molecule has 0 spiro atoms. The van der Waals surface area contributed by atoms with Crippen molar-refractivity contribution in [2.45, 2.75) is 5.92 Å². The Hall–Kier alpha value is -8.26. The minimum Gasteiger partial charge on any atom is -0.456 e. The van der Waals surface area contributed by atoms with Crippen LogP contribution in [0.4, 0.5) is 0 Å². The van der Waals surface area contributed by atoms with Crippen molar-refractivity contribution in [2.24, 2.45) is 0 Å². The van der Waals surface area contributed by atoms with E-state index in [1.54, 1.807) is 0 Å². The third-order valence-electron chi connectivity index (χ3n) is 13.1. The van der Waals surface area contributed by atoms with Crippen LogP contribution < -0.4 is 0 Å². The van der Waals surface area contributed by atoms with Crippen LogP contribution in [0.5, 0.6) is 0 Å². The van der Waals surface area contributed by atoms with Gasteiger partial charge in [0, 0.05) is 16.7 Å². The molecule has 0 saturated heterocycles. The maximum absolute atomic E-state index is 6.19. The van der Waals surface area contributed by atoms with Crippen molar-refractivity contribution < 1.29 is 4.42 Å². The highest BCUT2D eigenvalue weighted by molar-refractivity contribution is 6.06. The lowest BCUT2D eigenvalue weighted by molar-refractivity contribution is 0.669. The Balaban J connectivity index is 0.891. The first-order chi connectivity index (χ1) is 31.7. The summed E-state index contributed by atoms with van der Waals surface area (Å²) < 4.78 is 6.19. The van der Waals surface area contributed by atoms with Gasteiger partial charge in [0.25, 0.3) is 0 Å². The molecule has 300 valence electrons. The standard InChI is InChI=1S/C63H42O/c1-3-16-55-46(10-1)12-8-19-57(55)48-30-22-42(23-31-48)44-26-34-50(35-27-44)63(54-15-7-14-52(40-54)53-38-39-62-60(41-53)59-18-5-6-21-61(59)64-62)51-36-28-45(29-37-51)43-24-32-49(33-25-43)58-20-9-13-47-11-2-4-17-56(47)58/h1-41,63H. The molecule has 0 bridgehead atoms. The van der Waals surface area contributed by atoms with Crippen molar-refractivity contribution in [3.8, 4) is 55.6 Å². The fourth-order valence-corrected chi connectivity index (χ4v) is 9.76. The van der Waals surface area contributed by atoms with Crippen LogP contribution in [-0.2, 0) is 0 Å². The molecule has 0 fully saturated rings. The zero-order valence-corrected chi connectivity index (χ0v) is 35.2. The van der Waals surface area contributed by atoms with Gasteiger partial charge in [-0.15, -0.1) is 0 Å². The summed E-state index contributed by atoms with van der Waals surface area (Å²) in [6, 6.07) is 90.6. The van der Waals surface area contributed by atoms with Crippen molar-refractivity contribution in [2.75, 3.05) is 0 Å². The van der Waals surface area contributed by atoms with Gasteiger partial charge in [0.05, 0.1) is 0 Å². The topological polar surface area (TPSA) is 13.1 Å². The lowest BCUT2D eigenvalue weighted by Crippen LogP contribution is -2.04. The van der Waals surface area contributed by atoms with E-state index in [1.807, 2.05) is 12.1 Å². The summed E-state index contributed by atoms with van der Waals surface area (Å²) >= 11 is 0. The molecule has 0 unspecified atom stereocenters. The largest absolute Gasteiger partial charge is 0.456 e. The van der Waals surface area contributed by atoms with Crippen LogP contribution in [0.25, 0.3) is 99.1 Å². The molecule has 64 heavy (non-hydrogen) atoms. The van der Waals surface area contributed by atoms with Crippen LogP contribution in [0.3, 0.4) is 0 Å². The van der Waals surface area contributed by atoms with E-state index >= 15 is 0 Å². The number of benzene rings is 11. The van der Waals surface area contributed by atoms with E-state index < -0.39 is 0 Å². The second kappa shape index (κ2) is 15.9. The normalized spacial score (nSPS) is 11.6. The average molecular weight is 815 g/mol. The van der Waals surface area contributed by atoms with E-state index in [0.717, 1.165) is 21.9 Å². The van der Waals surface area contributed by atoms with Gasteiger partial charge < -0.3 is 4.42 Å². The molecule has 0 amide bonds. The third-order valence-corrected chi connectivity index (χ3v) is 13.1. The van der Waals surface area contributed by atoms with Gasteiger partial charge in [0.15, 0.2) is 0 Å². The van der Waals surface area contributed by atoms with Crippen LogP contribution in [0.1, 0.15) is 22.6 Å². The number of fused-ring (bicyclic) bond motifs is 5. The molecule has 0 aliphatic carbocycles. The Morgan fingerprint density at radius 3 is 1.20 bits per heavy atom. The van der Waals surface area contributed by atoms with Crippen LogP contribution in [-0.4, -0.2) is 0 Å². The van der Waals surface area contributed by atoms with Gasteiger partial charge in [0.1, 0.15) is 11.2 Å². The van der Waals surface area contributed by atoms with E-state index in [0.29, 0.717) is 0 Å². The molecule has 0 aliphatic rings. The van der Waals surface area contributed by atoms with Gasteiger partial charge >= 0.3 is 0 Å². The predicted molar refractivity (Wildman–Crippen MR) is 270 cm³/mol. The lowest BCUT2D eigenvalue weighted by Gasteiger charge is -2.21. The van der Waals surface area contributed by atoms with Crippen LogP contribution in [0.15, 0.2) is 253 Å². The molecule has 0 atom stereocenters. The summed E-state index contributed by atoms with van der Waals surface area (Å²) in [7, 11) is 0. The number of hydrogen-bond acceptors (Lipinski definition) is 1. The smallest absolute Gasteiger partial charge is 0.135 e. The minimum absolute atomic E-state index is 0.0176. The van der Waals surface area contributed by atoms with Crippen LogP contribution >= 0.6 is 0 Å². The fraction of sp³-hybridized carbons (Fsp3) is 0.0159. The van der Waals surface area contributed by atoms with Crippen molar-refractivity contribution >= 4 is 43.5 Å². The second-order valence-electron chi connectivity index (χ2n) is 16.8. The maximum atomic E-state index is 6.19. The van der Waals surface area contributed by atoms with Gasteiger partial charge in [-0.1, -0.05) is 231 Å². The number of para-hydroxylation sites is 1. The number of rotatable bonds is 8. The lowest BCUT2D eigenvalue weighted by atomic mass is 9.83.